The number of anilines is 1. The summed E-state index contributed by atoms with van der Waals surface area (Å²) in [5.41, 5.74) is 4.32. The maximum Gasteiger partial charge on any atom is 0.263 e. The predicted octanol–water partition coefficient (Wildman–Crippen LogP) is 6.44. The normalized spacial score (nSPS) is 15.4. The van der Waals surface area contributed by atoms with Crippen LogP contribution in [0.1, 0.15) is 79.7 Å². The summed E-state index contributed by atoms with van der Waals surface area (Å²) in [6, 6.07) is 11.1. The van der Waals surface area contributed by atoms with Gasteiger partial charge in [0.15, 0.2) is 0 Å². The Hall–Kier alpha value is -2.58. The minimum Gasteiger partial charge on any atom is -0.336 e. The van der Waals surface area contributed by atoms with Gasteiger partial charge in [-0.1, -0.05) is 58.2 Å². The molecule has 0 radical (unpaired) electrons. The van der Waals surface area contributed by atoms with Gasteiger partial charge in [-0.2, -0.15) is 0 Å². The second-order valence-corrected chi connectivity index (χ2v) is 11.6. The van der Waals surface area contributed by atoms with Crippen molar-refractivity contribution in [3.63, 3.8) is 0 Å². The number of hydrogen-bond acceptors (Lipinski definition) is 5. The van der Waals surface area contributed by atoms with Crippen LogP contribution in [0.4, 0.5) is 5.69 Å². The summed E-state index contributed by atoms with van der Waals surface area (Å²) in [4.78, 5) is 38.1. The second-order valence-electron chi connectivity index (χ2n) is 9.95. The summed E-state index contributed by atoms with van der Waals surface area (Å²) < 4.78 is 0.537. The molecule has 184 valence electrons. The number of aromatic nitrogens is 2. The van der Waals surface area contributed by atoms with Crippen molar-refractivity contribution < 1.29 is 9.59 Å². The third-order valence-electron chi connectivity index (χ3n) is 6.47. The zero-order valence-electron chi connectivity index (χ0n) is 20.3. The summed E-state index contributed by atoms with van der Waals surface area (Å²) in [6.07, 6.45) is 8.41. The molecule has 1 unspecified atom stereocenters. The van der Waals surface area contributed by atoms with Crippen LogP contribution in [0.25, 0.3) is 0 Å². The SMILES string of the molecule is CC(C)(C)c1ccc(N(C(=O)C(NC(=O)c2cncs2)c2cccnc2Br)C2CCCCC2)cc1. The van der Waals surface area contributed by atoms with Crippen molar-refractivity contribution in [3.05, 3.63) is 74.9 Å². The standard InChI is InChI=1S/C27H31BrN4O2S/c1-27(2,3)18-11-13-20(14-12-18)32(19-8-5-4-6-9-19)26(34)23(21-10-7-15-30-24(21)28)31-25(33)22-16-29-17-35-22/h7,10-17,19,23H,4-6,8-9H2,1-3H3,(H,31,33). The first-order valence-electron chi connectivity index (χ1n) is 12.0. The largest absolute Gasteiger partial charge is 0.336 e. The number of amides is 2. The third-order valence-corrected chi connectivity index (χ3v) is 7.90. The van der Waals surface area contributed by atoms with Gasteiger partial charge < -0.3 is 10.2 Å². The van der Waals surface area contributed by atoms with Crippen molar-refractivity contribution >= 4 is 44.8 Å². The van der Waals surface area contributed by atoms with Crippen LogP contribution in [-0.2, 0) is 10.2 Å². The van der Waals surface area contributed by atoms with Crippen molar-refractivity contribution in [2.45, 2.75) is 70.4 Å². The molecule has 0 spiro atoms. The maximum atomic E-state index is 14.3. The predicted molar refractivity (Wildman–Crippen MR) is 144 cm³/mol. The fourth-order valence-corrected chi connectivity index (χ4v) is 5.54. The Kier molecular flexibility index (Phi) is 8.02. The van der Waals surface area contributed by atoms with Crippen LogP contribution in [0, 0.1) is 0 Å². The molecule has 1 aliphatic carbocycles. The van der Waals surface area contributed by atoms with Gasteiger partial charge >= 0.3 is 0 Å². The molecule has 6 nitrogen and oxygen atoms in total. The number of carbonyl (C=O) groups is 2. The Morgan fingerprint density at radius 1 is 1.11 bits per heavy atom. The highest BCUT2D eigenvalue weighted by Crippen LogP contribution is 2.33. The minimum atomic E-state index is -0.892. The molecular formula is C27H31BrN4O2S. The van der Waals surface area contributed by atoms with Gasteiger partial charge in [-0.25, -0.2) is 4.98 Å². The summed E-state index contributed by atoms with van der Waals surface area (Å²) >= 11 is 4.74. The highest BCUT2D eigenvalue weighted by Gasteiger charge is 2.35. The van der Waals surface area contributed by atoms with Crippen molar-refractivity contribution in [2.24, 2.45) is 0 Å². The lowest BCUT2D eigenvalue weighted by Gasteiger charge is -2.37. The number of hydrogen-bond donors (Lipinski definition) is 1. The second kappa shape index (κ2) is 11.0. The van der Waals surface area contributed by atoms with E-state index in [-0.39, 0.29) is 23.3 Å². The van der Waals surface area contributed by atoms with Crippen molar-refractivity contribution in [1.82, 2.24) is 15.3 Å². The summed E-state index contributed by atoms with van der Waals surface area (Å²) in [7, 11) is 0. The van der Waals surface area contributed by atoms with Crippen LogP contribution in [0.3, 0.4) is 0 Å². The minimum absolute atomic E-state index is 0.0179. The molecule has 1 atom stereocenters. The molecule has 2 heterocycles. The van der Waals surface area contributed by atoms with E-state index in [4.69, 9.17) is 0 Å². The van der Waals surface area contributed by atoms with E-state index in [0.29, 0.717) is 15.0 Å². The smallest absolute Gasteiger partial charge is 0.263 e. The molecule has 1 aromatic carbocycles. The topological polar surface area (TPSA) is 75.2 Å². The Morgan fingerprint density at radius 3 is 2.43 bits per heavy atom. The zero-order chi connectivity index (χ0) is 25.0. The van der Waals surface area contributed by atoms with E-state index in [0.717, 1.165) is 31.4 Å². The van der Waals surface area contributed by atoms with Gasteiger partial charge in [-0.3, -0.25) is 14.6 Å². The molecule has 0 saturated heterocycles. The molecule has 2 aromatic heterocycles. The Morgan fingerprint density at radius 2 is 1.83 bits per heavy atom. The number of nitrogens with one attached hydrogen (secondary N) is 1. The lowest BCUT2D eigenvalue weighted by atomic mass is 9.86. The molecule has 2 amide bonds. The number of nitrogens with zero attached hydrogens (tertiary/aromatic N) is 3. The Balaban J connectivity index is 1.74. The molecule has 35 heavy (non-hydrogen) atoms. The maximum absolute atomic E-state index is 14.3. The Labute approximate surface area is 219 Å². The summed E-state index contributed by atoms with van der Waals surface area (Å²) in [5, 5.41) is 2.97. The average Bonchev–Trinajstić information content (AvgIpc) is 3.39. The molecule has 0 aliphatic heterocycles. The number of benzene rings is 1. The molecule has 8 heteroatoms. The molecule has 0 bridgehead atoms. The molecule has 4 rings (SSSR count). The third kappa shape index (κ3) is 5.98. The van der Waals surface area contributed by atoms with E-state index in [9.17, 15) is 9.59 Å². The molecule has 1 N–H and O–H groups in total. The van der Waals surface area contributed by atoms with Crippen molar-refractivity contribution in [1.29, 1.82) is 0 Å². The number of thiazole rings is 1. The van der Waals surface area contributed by atoms with Gasteiger partial charge in [0.1, 0.15) is 15.5 Å². The first kappa shape index (κ1) is 25.5. The van der Waals surface area contributed by atoms with E-state index >= 15 is 0 Å². The van der Waals surface area contributed by atoms with E-state index < -0.39 is 6.04 Å². The molecule has 3 aromatic rings. The summed E-state index contributed by atoms with van der Waals surface area (Å²) in [6.45, 7) is 6.53. The van der Waals surface area contributed by atoms with Crippen LogP contribution in [0.5, 0.6) is 0 Å². The van der Waals surface area contributed by atoms with Crippen LogP contribution in [0.2, 0.25) is 0 Å². The lowest BCUT2D eigenvalue weighted by molar-refractivity contribution is -0.121. The first-order chi connectivity index (χ1) is 16.8. The van der Waals surface area contributed by atoms with Gasteiger partial charge in [-0.15, -0.1) is 11.3 Å². The van der Waals surface area contributed by atoms with Crippen LogP contribution >= 0.6 is 27.3 Å². The van der Waals surface area contributed by atoms with E-state index in [1.807, 2.05) is 23.1 Å². The lowest BCUT2D eigenvalue weighted by Crippen LogP contribution is -2.48. The van der Waals surface area contributed by atoms with E-state index in [2.05, 4.69) is 64.1 Å². The highest BCUT2D eigenvalue weighted by atomic mass is 79.9. The van der Waals surface area contributed by atoms with E-state index in [1.165, 1.54) is 29.5 Å². The quantitative estimate of drug-likeness (QED) is 0.356. The fraction of sp³-hybridized carbons (Fsp3) is 0.407. The van der Waals surface area contributed by atoms with Gasteiger partial charge in [0.05, 0.1) is 11.7 Å². The van der Waals surface area contributed by atoms with Gasteiger partial charge in [0.2, 0.25) is 0 Å². The van der Waals surface area contributed by atoms with Gasteiger partial charge in [0.25, 0.3) is 11.8 Å². The van der Waals surface area contributed by atoms with E-state index in [1.54, 1.807) is 17.8 Å². The molecule has 1 aliphatic rings. The first-order valence-corrected chi connectivity index (χ1v) is 13.7. The fourth-order valence-electron chi connectivity index (χ4n) is 4.53. The van der Waals surface area contributed by atoms with Crippen LogP contribution < -0.4 is 10.2 Å². The zero-order valence-corrected chi connectivity index (χ0v) is 22.7. The summed E-state index contributed by atoms with van der Waals surface area (Å²) in [5.74, 6) is -0.486. The van der Waals surface area contributed by atoms with Crippen LogP contribution in [-0.4, -0.2) is 27.8 Å². The number of pyridine rings is 1. The van der Waals surface area contributed by atoms with Gasteiger partial charge in [-0.05, 0) is 57.9 Å². The molecule has 1 fully saturated rings. The molecule has 1 saturated carbocycles. The highest BCUT2D eigenvalue weighted by molar-refractivity contribution is 9.10. The van der Waals surface area contributed by atoms with Crippen LogP contribution in [0.15, 0.2) is 58.9 Å². The van der Waals surface area contributed by atoms with Crippen molar-refractivity contribution in [3.8, 4) is 0 Å². The molecular weight excluding hydrogens is 524 g/mol. The monoisotopic (exact) mass is 554 g/mol. The average molecular weight is 556 g/mol. The van der Waals surface area contributed by atoms with Gasteiger partial charge in [0, 0.05) is 23.5 Å². The number of halogens is 1. The van der Waals surface area contributed by atoms with Crippen molar-refractivity contribution in [2.75, 3.05) is 4.90 Å². The number of carbonyl (C=O) groups excluding carboxylic acids is 2. The Bertz CT molecular complexity index is 1150. The number of rotatable bonds is 6.